The van der Waals surface area contributed by atoms with Crippen molar-refractivity contribution in [2.45, 2.75) is 32.2 Å². The van der Waals surface area contributed by atoms with E-state index in [0.717, 1.165) is 17.2 Å². The van der Waals surface area contributed by atoms with Crippen LogP contribution in [0.3, 0.4) is 0 Å². The summed E-state index contributed by atoms with van der Waals surface area (Å²) in [5, 5.41) is 12.7. The molecule has 1 saturated heterocycles. The van der Waals surface area contributed by atoms with Crippen molar-refractivity contribution in [1.82, 2.24) is 10.2 Å². The second-order valence-electron chi connectivity index (χ2n) is 7.51. The molecule has 8 heteroatoms. The molecule has 2 unspecified atom stereocenters. The second-order valence-corrected chi connectivity index (χ2v) is 7.51. The lowest BCUT2D eigenvalue weighted by atomic mass is 10.0. The first-order chi connectivity index (χ1) is 14.1. The number of benzene rings is 2. The number of aliphatic hydroxyl groups is 1. The molecule has 2 N–H and O–H groups in total. The third-order valence-electron chi connectivity index (χ3n) is 5.17. The van der Waals surface area contributed by atoms with Crippen LogP contribution in [0.1, 0.15) is 34.8 Å². The van der Waals surface area contributed by atoms with Gasteiger partial charge in [0.15, 0.2) is 0 Å². The summed E-state index contributed by atoms with van der Waals surface area (Å²) in [6, 6.07) is 12.4. The van der Waals surface area contributed by atoms with E-state index in [-0.39, 0.29) is 31.0 Å². The van der Waals surface area contributed by atoms with Crippen LogP contribution in [0.4, 0.5) is 13.2 Å². The number of hydrogen-bond donors (Lipinski definition) is 2. The zero-order valence-corrected chi connectivity index (χ0v) is 16.4. The van der Waals surface area contributed by atoms with E-state index < -0.39 is 29.7 Å². The minimum Gasteiger partial charge on any atom is -0.387 e. The molecule has 1 aliphatic rings. The van der Waals surface area contributed by atoms with Gasteiger partial charge in [0.2, 0.25) is 11.8 Å². The van der Waals surface area contributed by atoms with Crippen molar-refractivity contribution in [2.24, 2.45) is 5.92 Å². The zero-order chi connectivity index (χ0) is 21.9. The van der Waals surface area contributed by atoms with Gasteiger partial charge in [-0.2, -0.15) is 13.2 Å². The predicted octanol–water partition coefficient (Wildman–Crippen LogP) is 3.21. The number of carbonyl (C=O) groups is 2. The van der Waals surface area contributed by atoms with Gasteiger partial charge in [-0.3, -0.25) is 9.59 Å². The largest absolute Gasteiger partial charge is 0.416 e. The summed E-state index contributed by atoms with van der Waals surface area (Å²) in [5.74, 6) is -1.22. The number of aryl methyl sites for hydroxylation is 1. The first-order valence-electron chi connectivity index (χ1n) is 9.60. The molecule has 30 heavy (non-hydrogen) atoms. The molecule has 5 nitrogen and oxygen atoms in total. The lowest BCUT2D eigenvalue weighted by Crippen LogP contribution is -2.35. The summed E-state index contributed by atoms with van der Waals surface area (Å²) in [6.45, 7) is 2.22. The second kappa shape index (κ2) is 8.87. The van der Waals surface area contributed by atoms with Crippen LogP contribution in [0, 0.1) is 12.8 Å². The molecule has 0 bridgehead atoms. The van der Waals surface area contributed by atoms with Crippen molar-refractivity contribution < 1.29 is 27.9 Å². The summed E-state index contributed by atoms with van der Waals surface area (Å²) in [6.07, 6.45) is -6.07. The van der Waals surface area contributed by atoms with E-state index in [1.54, 1.807) is 4.90 Å². The predicted molar refractivity (Wildman–Crippen MR) is 104 cm³/mol. The van der Waals surface area contributed by atoms with Crippen LogP contribution < -0.4 is 5.32 Å². The van der Waals surface area contributed by atoms with Crippen LogP contribution in [-0.2, 0) is 22.3 Å². The van der Waals surface area contributed by atoms with E-state index in [9.17, 15) is 27.9 Å². The number of aliphatic hydroxyl groups excluding tert-OH is 1. The van der Waals surface area contributed by atoms with Crippen LogP contribution in [-0.4, -0.2) is 34.9 Å². The monoisotopic (exact) mass is 420 g/mol. The van der Waals surface area contributed by atoms with Gasteiger partial charge >= 0.3 is 6.18 Å². The summed E-state index contributed by atoms with van der Waals surface area (Å²) < 4.78 is 39.3. The lowest BCUT2D eigenvalue weighted by Gasteiger charge is -2.19. The Morgan fingerprint density at radius 1 is 1.20 bits per heavy atom. The average Bonchev–Trinajstić information content (AvgIpc) is 3.07. The number of carbonyl (C=O) groups excluding carboxylic acids is 2. The highest BCUT2D eigenvalue weighted by molar-refractivity contribution is 5.89. The molecule has 3 rings (SSSR count). The maximum absolute atomic E-state index is 13.1. The molecule has 1 aliphatic heterocycles. The van der Waals surface area contributed by atoms with Crippen molar-refractivity contribution in [3.05, 3.63) is 70.8 Å². The highest BCUT2D eigenvalue weighted by Gasteiger charge is 2.36. The number of nitrogens with one attached hydrogen (secondary N) is 1. The van der Waals surface area contributed by atoms with Gasteiger partial charge in [-0.15, -0.1) is 0 Å². The number of rotatable bonds is 6. The molecular weight excluding hydrogens is 397 g/mol. The third-order valence-corrected chi connectivity index (χ3v) is 5.17. The number of likely N-dealkylation sites (tertiary alicyclic amines) is 1. The molecule has 0 aliphatic carbocycles. The van der Waals surface area contributed by atoms with E-state index >= 15 is 0 Å². The topological polar surface area (TPSA) is 69.6 Å². The van der Waals surface area contributed by atoms with Crippen molar-refractivity contribution in [2.75, 3.05) is 13.1 Å². The minimum absolute atomic E-state index is 0.0347. The van der Waals surface area contributed by atoms with Crippen molar-refractivity contribution in [3.63, 3.8) is 0 Å². The fraction of sp³-hybridized carbons (Fsp3) is 0.364. The number of nitrogens with zero attached hydrogens (tertiary/aromatic N) is 1. The van der Waals surface area contributed by atoms with Crippen LogP contribution >= 0.6 is 0 Å². The van der Waals surface area contributed by atoms with E-state index in [0.29, 0.717) is 6.54 Å². The molecule has 160 valence electrons. The molecule has 0 radical (unpaired) electrons. The Kier molecular flexibility index (Phi) is 6.45. The third kappa shape index (κ3) is 5.18. The Labute approximate surface area is 172 Å². The van der Waals surface area contributed by atoms with Gasteiger partial charge in [0.1, 0.15) is 0 Å². The first kappa shape index (κ1) is 21.8. The van der Waals surface area contributed by atoms with Gasteiger partial charge in [0.25, 0.3) is 0 Å². The quantitative estimate of drug-likeness (QED) is 0.754. The Bertz CT molecular complexity index is 913. The van der Waals surface area contributed by atoms with E-state index in [2.05, 4.69) is 5.32 Å². The number of halogens is 3. The van der Waals surface area contributed by atoms with Crippen molar-refractivity contribution in [3.8, 4) is 0 Å². The standard InChI is InChI=1S/C22H23F3N2O3/c1-14-6-8-15(9-7-14)12-27-13-16(10-20(27)29)21(30)26-11-19(28)17-4-2-3-5-18(17)22(23,24)25/h2-9,16,19,28H,10-13H2,1H3,(H,26,30). The highest BCUT2D eigenvalue weighted by Crippen LogP contribution is 2.34. The van der Waals surface area contributed by atoms with Crippen molar-refractivity contribution >= 4 is 11.8 Å². The molecule has 2 aromatic rings. The summed E-state index contributed by atoms with van der Waals surface area (Å²) in [5.41, 5.74) is 0.824. The molecule has 0 saturated carbocycles. The van der Waals surface area contributed by atoms with Crippen LogP contribution in [0.25, 0.3) is 0 Å². The number of alkyl halides is 3. The Hall–Kier alpha value is -2.87. The van der Waals surface area contributed by atoms with E-state index in [4.69, 9.17) is 0 Å². The zero-order valence-electron chi connectivity index (χ0n) is 16.4. The van der Waals surface area contributed by atoms with Gasteiger partial charge < -0.3 is 15.3 Å². The average molecular weight is 420 g/mol. The Balaban J connectivity index is 1.57. The Morgan fingerprint density at radius 3 is 2.53 bits per heavy atom. The molecular formula is C22H23F3N2O3. The molecule has 2 aromatic carbocycles. The molecule has 1 heterocycles. The smallest absolute Gasteiger partial charge is 0.387 e. The summed E-state index contributed by atoms with van der Waals surface area (Å²) >= 11 is 0. The molecule has 2 amide bonds. The molecule has 1 fully saturated rings. The van der Waals surface area contributed by atoms with Crippen LogP contribution in [0.5, 0.6) is 0 Å². The normalized spacial score (nSPS) is 17.8. The van der Waals surface area contributed by atoms with Crippen LogP contribution in [0.15, 0.2) is 48.5 Å². The van der Waals surface area contributed by atoms with E-state index in [1.165, 1.54) is 18.2 Å². The maximum Gasteiger partial charge on any atom is 0.416 e. The Morgan fingerprint density at radius 2 is 1.87 bits per heavy atom. The highest BCUT2D eigenvalue weighted by atomic mass is 19.4. The maximum atomic E-state index is 13.1. The lowest BCUT2D eigenvalue weighted by molar-refractivity contribution is -0.139. The van der Waals surface area contributed by atoms with Crippen molar-refractivity contribution in [1.29, 1.82) is 0 Å². The summed E-state index contributed by atoms with van der Waals surface area (Å²) in [7, 11) is 0. The fourth-order valence-electron chi connectivity index (χ4n) is 3.51. The SMILES string of the molecule is Cc1ccc(CN2CC(C(=O)NCC(O)c3ccccc3C(F)(F)F)CC2=O)cc1. The summed E-state index contributed by atoms with van der Waals surface area (Å²) in [4.78, 5) is 26.3. The number of hydrogen-bond acceptors (Lipinski definition) is 3. The fourth-order valence-corrected chi connectivity index (χ4v) is 3.51. The van der Waals surface area contributed by atoms with Gasteiger partial charge in [-0.1, -0.05) is 48.0 Å². The van der Waals surface area contributed by atoms with Gasteiger partial charge in [0, 0.05) is 26.1 Å². The molecule has 2 atom stereocenters. The van der Waals surface area contributed by atoms with Gasteiger partial charge in [0.05, 0.1) is 17.6 Å². The van der Waals surface area contributed by atoms with Crippen LogP contribution in [0.2, 0.25) is 0 Å². The van der Waals surface area contributed by atoms with E-state index in [1.807, 2.05) is 31.2 Å². The minimum atomic E-state index is -4.60. The first-order valence-corrected chi connectivity index (χ1v) is 9.60. The van der Waals surface area contributed by atoms with Gasteiger partial charge in [-0.25, -0.2) is 0 Å². The number of amides is 2. The van der Waals surface area contributed by atoms with Gasteiger partial charge in [-0.05, 0) is 24.1 Å². The molecule has 0 aromatic heterocycles. The molecule has 0 spiro atoms.